The second-order valence-corrected chi connectivity index (χ2v) is 3.63. The summed E-state index contributed by atoms with van der Waals surface area (Å²) in [6.07, 6.45) is 0.995. The molecule has 2 aromatic carbocycles. The summed E-state index contributed by atoms with van der Waals surface area (Å²) < 4.78 is 0. The highest BCUT2D eigenvalue weighted by Gasteiger charge is 2.02. The van der Waals surface area contributed by atoms with Gasteiger partial charge < -0.3 is 5.11 Å². The maximum absolute atomic E-state index is 8.75. The minimum Gasteiger partial charge on any atom is -0.384 e. The Morgan fingerprint density at radius 2 is 1.88 bits per heavy atom. The SMILES string of the molecule is CCc1cccc2cccc(C#CCO)c12. The molecule has 16 heavy (non-hydrogen) atoms. The zero-order valence-electron chi connectivity index (χ0n) is 9.33. The van der Waals surface area contributed by atoms with E-state index in [9.17, 15) is 0 Å². The van der Waals surface area contributed by atoms with Gasteiger partial charge in [-0.3, -0.25) is 0 Å². The standard InChI is InChI=1S/C15H14O/c1-2-12-6-3-7-13-8-4-9-14(15(12)13)10-5-11-16/h3-4,6-9,16H,2,11H2,1H3. The van der Waals surface area contributed by atoms with Gasteiger partial charge in [-0.25, -0.2) is 0 Å². The number of rotatable bonds is 1. The summed E-state index contributed by atoms with van der Waals surface area (Å²) in [7, 11) is 0. The van der Waals surface area contributed by atoms with E-state index in [4.69, 9.17) is 5.11 Å². The van der Waals surface area contributed by atoms with Crippen LogP contribution in [0.2, 0.25) is 0 Å². The van der Waals surface area contributed by atoms with Gasteiger partial charge in [0.25, 0.3) is 0 Å². The predicted octanol–water partition coefficient (Wildman–Crippen LogP) is 2.75. The summed E-state index contributed by atoms with van der Waals surface area (Å²) in [5.41, 5.74) is 2.31. The van der Waals surface area contributed by atoms with E-state index in [0.717, 1.165) is 12.0 Å². The van der Waals surface area contributed by atoms with E-state index in [-0.39, 0.29) is 6.61 Å². The van der Waals surface area contributed by atoms with E-state index in [1.165, 1.54) is 16.3 Å². The zero-order valence-corrected chi connectivity index (χ0v) is 9.33. The first-order valence-electron chi connectivity index (χ1n) is 5.47. The number of hydrogen-bond acceptors (Lipinski definition) is 1. The molecule has 1 nitrogen and oxygen atoms in total. The van der Waals surface area contributed by atoms with Gasteiger partial charge in [0.05, 0.1) is 0 Å². The van der Waals surface area contributed by atoms with Crippen LogP contribution in [0.1, 0.15) is 18.1 Å². The molecule has 0 fully saturated rings. The van der Waals surface area contributed by atoms with E-state index in [1.54, 1.807) is 0 Å². The minimum absolute atomic E-state index is 0.0926. The van der Waals surface area contributed by atoms with E-state index >= 15 is 0 Å². The molecule has 0 radical (unpaired) electrons. The van der Waals surface area contributed by atoms with Crippen molar-refractivity contribution in [1.29, 1.82) is 0 Å². The molecule has 1 heteroatoms. The first kappa shape index (κ1) is 10.7. The van der Waals surface area contributed by atoms with Gasteiger partial charge in [0, 0.05) is 10.9 Å². The third-order valence-electron chi connectivity index (χ3n) is 2.67. The highest BCUT2D eigenvalue weighted by atomic mass is 16.2. The Hall–Kier alpha value is -1.78. The highest BCUT2D eigenvalue weighted by Crippen LogP contribution is 2.22. The van der Waals surface area contributed by atoms with Crippen molar-refractivity contribution in [1.82, 2.24) is 0 Å². The Labute approximate surface area is 95.7 Å². The summed E-state index contributed by atoms with van der Waals surface area (Å²) in [6.45, 7) is 2.05. The molecule has 0 saturated carbocycles. The topological polar surface area (TPSA) is 20.2 Å². The normalized spacial score (nSPS) is 9.88. The number of fused-ring (bicyclic) bond motifs is 1. The van der Waals surface area contributed by atoms with Gasteiger partial charge in [-0.1, -0.05) is 49.1 Å². The minimum atomic E-state index is -0.0926. The van der Waals surface area contributed by atoms with Crippen molar-refractivity contribution in [2.24, 2.45) is 0 Å². The van der Waals surface area contributed by atoms with Crippen LogP contribution >= 0.6 is 0 Å². The van der Waals surface area contributed by atoms with Crippen LogP contribution in [0.4, 0.5) is 0 Å². The Bertz CT molecular complexity index is 553. The van der Waals surface area contributed by atoms with Crippen molar-refractivity contribution in [3.63, 3.8) is 0 Å². The van der Waals surface area contributed by atoms with E-state index < -0.39 is 0 Å². The van der Waals surface area contributed by atoms with Crippen LogP contribution in [0.25, 0.3) is 10.8 Å². The fourth-order valence-corrected chi connectivity index (χ4v) is 1.95. The molecule has 0 aliphatic rings. The summed E-state index contributed by atoms with van der Waals surface area (Å²) in [4.78, 5) is 0. The monoisotopic (exact) mass is 210 g/mol. The fraction of sp³-hybridized carbons (Fsp3) is 0.200. The Morgan fingerprint density at radius 1 is 1.12 bits per heavy atom. The second-order valence-electron chi connectivity index (χ2n) is 3.63. The van der Waals surface area contributed by atoms with Gasteiger partial charge in [0.1, 0.15) is 6.61 Å². The molecule has 0 unspecified atom stereocenters. The van der Waals surface area contributed by atoms with Crippen molar-refractivity contribution in [3.05, 3.63) is 47.5 Å². The molecule has 2 rings (SSSR count). The Balaban J connectivity index is 2.73. The molecule has 0 heterocycles. The molecule has 0 aromatic heterocycles. The number of aliphatic hydroxyl groups excluding tert-OH is 1. The second kappa shape index (κ2) is 4.83. The molecule has 0 aliphatic carbocycles. The van der Waals surface area contributed by atoms with Gasteiger partial charge in [0.2, 0.25) is 0 Å². The molecular weight excluding hydrogens is 196 g/mol. The molecule has 80 valence electrons. The number of aliphatic hydroxyl groups is 1. The van der Waals surface area contributed by atoms with Crippen LogP contribution in [0, 0.1) is 11.8 Å². The smallest absolute Gasteiger partial charge is 0.104 e. The lowest BCUT2D eigenvalue weighted by Crippen LogP contribution is -1.87. The number of hydrogen-bond donors (Lipinski definition) is 1. The number of aryl methyl sites for hydroxylation is 1. The highest BCUT2D eigenvalue weighted by molar-refractivity contribution is 5.91. The summed E-state index contributed by atoms with van der Waals surface area (Å²) in [5, 5.41) is 11.2. The third kappa shape index (κ3) is 1.93. The van der Waals surface area contributed by atoms with Crippen molar-refractivity contribution in [3.8, 4) is 11.8 Å². The average molecular weight is 210 g/mol. The lowest BCUT2D eigenvalue weighted by Gasteiger charge is -2.06. The summed E-state index contributed by atoms with van der Waals surface area (Å²) in [6, 6.07) is 12.4. The quantitative estimate of drug-likeness (QED) is 0.717. The Kier molecular flexibility index (Phi) is 3.24. The molecule has 0 atom stereocenters. The fourth-order valence-electron chi connectivity index (χ4n) is 1.95. The molecule has 0 amide bonds. The van der Waals surface area contributed by atoms with E-state index in [1.807, 2.05) is 12.1 Å². The first-order valence-corrected chi connectivity index (χ1v) is 5.47. The molecule has 0 aliphatic heterocycles. The van der Waals surface area contributed by atoms with Gasteiger partial charge >= 0.3 is 0 Å². The maximum Gasteiger partial charge on any atom is 0.104 e. The van der Waals surface area contributed by atoms with Crippen molar-refractivity contribution in [2.75, 3.05) is 6.61 Å². The third-order valence-corrected chi connectivity index (χ3v) is 2.67. The zero-order chi connectivity index (χ0) is 11.4. The van der Waals surface area contributed by atoms with Crippen molar-refractivity contribution in [2.45, 2.75) is 13.3 Å². The number of benzene rings is 2. The average Bonchev–Trinajstić information content (AvgIpc) is 2.35. The van der Waals surface area contributed by atoms with Gasteiger partial charge in [0.15, 0.2) is 0 Å². The van der Waals surface area contributed by atoms with Crippen LogP contribution in [-0.2, 0) is 6.42 Å². The molecule has 0 saturated heterocycles. The molecule has 0 spiro atoms. The van der Waals surface area contributed by atoms with E-state index in [2.05, 4.69) is 43.0 Å². The van der Waals surface area contributed by atoms with Gasteiger partial charge in [-0.05, 0) is 23.4 Å². The van der Waals surface area contributed by atoms with Crippen LogP contribution in [0.5, 0.6) is 0 Å². The summed E-state index contributed by atoms with van der Waals surface area (Å²) in [5.74, 6) is 5.73. The van der Waals surface area contributed by atoms with Crippen LogP contribution in [0.3, 0.4) is 0 Å². The van der Waals surface area contributed by atoms with Gasteiger partial charge in [-0.15, -0.1) is 0 Å². The lowest BCUT2D eigenvalue weighted by atomic mass is 9.98. The lowest BCUT2D eigenvalue weighted by molar-refractivity contribution is 0.350. The predicted molar refractivity (Wildman–Crippen MR) is 67.3 cm³/mol. The van der Waals surface area contributed by atoms with Crippen molar-refractivity contribution < 1.29 is 5.11 Å². The largest absolute Gasteiger partial charge is 0.384 e. The summed E-state index contributed by atoms with van der Waals surface area (Å²) >= 11 is 0. The first-order chi connectivity index (χ1) is 7.86. The molecule has 1 N–H and O–H groups in total. The molecule has 2 aromatic rings. The van der Waals surface area contributed by atoms with E-state index in [0.29, 0.717) is 0 Å². The molecule has 0 bridgehead atoms. The molecular formula is C15H14O. The maximum atomic E-state index is 8.75. The van der Waals surface area contributed by atoms with Crippen LogP contribution in [-0.4, -0.2) is 11.7 Å². The van der Waals surface area contributed by atoms with Crippen molar-refractivity contribution >= 4 is 10.8 Å². The van der Waals surface area contributed by atoms with Crippen LogP contribution < -0.4 is 0 Å². The van der Waals surface area contributed by atoms with Gasteiger partial charge in [-0.2, -0.15) is 0 Å². The van der Waals surface area contributed by atoms with Crippen LogP contribution in [0.15, 0.2) is 36.4 Å². The Morgan fingerprint density at radius 3 is 2.56 bits per heavy atom.